The molecule has 1 aliphatic heterocycles. The van der Waals surface area contributed by atoms with Crippen LogP contribution in [0.15, 0.2) is 36.0 Å². The summed E-state index contributed by atoms with van der Waals surface area (Å²) in [4.78, 5) is 21.9. The van der Waals surface area contributed by atoms with Crippen LogP contribution in [0.2, 0.25) is 0 Å². The molecule has 0 fully saturated rings. The minimum atomic E-state index is 0.0714. The van der Waals surface area contributed by atoms with Crippen LogP contribution in [-0.4, -0.2) is 41.3 Å². The van der Waals surface area contributed by atoms with Gasteiger partial charge < -0.3 is 9.80 Å². The predicted octanol–water partition coefficient (Wildman–Crippen LogP) is 2.80. The molecule has 0 N–H and O–H groups in total. The van der Waals surface area contributed by atoms with Crippen molar-refractivity contribution >= 4 is 23.3 Å². The lowest BCUT2D eigenvalue weighted by Crippen LogP contribution is -2.35. The van der Waals surface area contributed by atoms with Gasteiger partial charge in [-0.3, -0.25) is 9.78 Å². The summed E-state index contributed by atoms with van der Waals surface area (Å²) in [6.07, 6.45) is 8.32. The molecule has 0 aromatic carbocycles. The highest BCUT2D eigenvalue weighted by molar-refractivity contribution is 7.10. The highest BCUT2D eigenvalue weighted by Crippen LogP contribution is 2.22. The Morgan fingerprint density at radius 1 is 1.43 bits per heavy atom. The number of thiophene rings is 1. The minimum absolute atomic E-state index is 0.0714. The van der Waals surface area contributed by atoms with E-state index in [2.05, 4.69) is 24.0 Å². The molecule has 0 saturated heterocycles. The number of carbonyl (C=O) groups is 1. The van der Waals surface area contributed by atoms with Crippen molar-refractivity contribution < 1.29 is 4.79 Å². The van der Waals surface area contributed by atoms with Crippen LogP contribution < -0.4 is 0 Å². The summed E-state index contributed by atoms with van der Waals surface area (Å²) in [6.45, 7) is 2.31. The van der Waals surface area contributed by atoms with Crippen molar-refractivity contribution in [2.45, 2.75) is 19.5 Å². The number of aromatic nitrogens is 1. The first-order valence-electron chi connectivity index (χ1n) is 7.73. The zero-order chi connectivity index (χ0) is 16.2. The van der Waals surface area contributed by atoms with E-state index in [1.54, 1.807) is 17.4 Å². The molecule has 4 nitrogen and oxygen atoms in total. The Labute approximate surface area is 141 Å². The second kappa shape index (κ2) is 7.06. The lowest BCUT2D eigenvalue weighted by molar-refractivity contribution is -0.126. The molecule has 23 heavy (non-hydrogen) atoms. The van der Waals surface area contributed by atoms with Crippen molar-refractivity contribution in [2.75, 3.05) is 20.6 Å². The van der Waals surface area contributed by atoms with Gasteiger partial charge in [-0.05, 0) is 54.7 Å². The summed E-state index contributed by atoms with van der Waals surface area (Å²) in [6, 6.07) is 4.00. The molecular weight excluding hydrogens is 306 g/mol. The SMILES string of the molecule is CN(C)Cc1cncc2c1CCN(C(=O)/C=C/c1cccs1)C2. The Bertz CT molecular complexity index is 707. The van der Waals surface area contributed by atoms with Crippen LogP contribution in [0, 0.1) is 0 Å². The molecule has 2 aromatic rings. The van der Waals surface area contributed by atoms with Gasteiger partial charge in [-0.1, -0.05) is 6.07 Å². The van der Waals surface area contributed by atoms with Gasteiger partial charge >= 0.3 is 0 Å². The predicted molar refractivity (Wildman–Crippen MR) is 94.1 cm³/mol. The van der Waals surface area contributed by atoms with Crippen molar-refractivity contribution in [2.24, 2.45) is 0 Å². The summed E-state index contributed by atoms with van der Waals surface area (Å²) in [5.41, 5.74) is 3.81. The van der Waals surface area contributed by atoms with Crippen LogP contribution in [-0.2, 0) is 24.3 Å². The zero-order valence-electron chi connectivity index (χ0n) is 13.5. The van der Waals surface area contributed by atoms with Crippen molar-refractivity contribution in [1.29, 1.82) is 0 Å². The monoisotopic (exact) mass is 327 g/mol. The molecule has 0 bridgehead atoms. The molecule has 0 spiro atoms. The number of rotatable bonds is 4. The molecular formula is C18H21N3OS. The summed E-state index contributed by atoms with van der Waals surface area (Å²) in [7, 11) is 4.13. The van der Waals surface area contributed by atoms with E-state index < -0.39 is 0 Å². The van der Waals surface area contributed by atoms with Gasteiger partial charge in [0, 0.05) is 43.0 Å². The molecule has 1 aliphatic rings. The van der Waals surface area contributed by atoms with Gasteiger partial charge in [0.15, 0.2) is 0 Å². The standard InChI is InChI=1S/C18H21N3OS/c1-20(2)12-14-10-19-11-15-13-21(8-7-17(14)15)18(22)6-5-16-4-3-9-23-16/h3-6,9-11H,7-8,12-13H2,1-2H3/b6-5+. The highest BCUT2D eigenvalue weighted by Gasteiger charge is 2.21. The molecule has 5 heteroatoms. The second-order valence-corrected chi connectivity index (χ2v) is 7.01. The van der Waals surface area contributed by atoms with Gasteiger partial charge in [-0.25, -0.2) is 0 Å². The Balaban J connectivity index is 1.71. The summed E-state index contributed by atoms with van der Waals surface area (Å²) in [5.74, 6) is 0.0714. The zero-order valence-corrected chi connectivity index (χ0v) is 14.3. The highest BCUT2D eigenvalue weighted by atomic mass is 32.1. The average molecular weight is 327 g/mol. The van der Waals surface area contributed by atoms with Gasteiger partial charge in [0.25, 0.3) is 0 Å². The lowest BCUT2D eigenvalue weighted by Gasteiger charge is -2.29. The molecule has 0 atom stereocenters. The molecule has 3 heterocycles. The minimum Gasteiger partial charge on any atom is -0.334 e. The third kappa shape index (κ3) is 3.86. The van der Waals surface area contributed by atoms with Gasteiger partial charge in [-0.15, -0.1) is 11.3 Å². The normalized spacial score (nSPS) is 14.5. The van der Waals surface area contributed by atoms with E-state index in [9.17, 15) is 4.79 Å². The number of nitrogens with zero attached hydrogens (tertiary/aromatic N) is 3. The molecule has 1 amide bonds. The molecule has 3 rings (SSSR count). The third-order valence-corrected chi connectivity index (χ3v) is 4.80. The first-order chi connectivity index (χ1) is 11.1. The first-order valence-corrected chi connectivity index (χ1v) is 8.61. The second-order valence-electron chi connectivity index (χ2n) is 6.03. The number of fused-ring (bicyclic) bond motifs is 1. The smallest absolute Gasteiger partial charge is 0.246 e. The molecule has 0 radical (unpaired) electrons. The Kier molecular flexibility index (Phi) is 4.88. The van der Waals surface area contributed by atoms with E-state index in [1.165, 1.54) is 16.7 Å². The Morgan fingerprint density at radius 2 is 2.30 bits per heavy atom. The molecule has 120 valence electrons. The maximum absolute atomic E-state index is 12.4. The van der Waals surface area contributed by atoms with E-state index in [4.69, 9.17) is 0 Å². The summed E-state index contributed by atoms with van der Waals surface area (Å²) < 4.78 is 0. The largest absolute Gasteiger partial charge is 0.334 e. The van der Waals surface area contributed by atoms with Crippen LogP contribution in [0.5, 0.6) is 0 Å². The van der Waals surface area contributed by atoms with E-state index >= 15 is 0 Å². The number of carbonyl (C=O) groups excluding carboxylic acids is 1. The number of pyridine rings is 1. The average Bonchev–Trinajstić information content (AvgIpc) is 3.05. The van der Waals surface area contributed by atoms with Gasteiger partial charge in [0.2, 0.25) is 5.91 Å². The maximum atomic E-state index is 12.4. The third-order valence-electron chi connectivity index (χ3n) is 3.96. The van der Waals surface area contributed by atoms with Crippen molar-refractivity contribution in [3.05, 3.63) is 57.6 Å². The van der Waals surface area contributed by atoms with Gasteiger partial charge in [0.05, 0.1) is 0 Å². The number of hydrogen-bond acceptors (Lipinski definition) is 4. The lowest BCUT2D eigenvalue weighted by atomic mass is 9.97. The molecule has 0 unspecified atom stereocenters. The van der Waals surface area contributed by atoms with Crippen molar-refractivity contribution in [3.63, 3.8) is 0 Å². The van der Waals surface area contributed by atoms with E-state index in [0.29, 0.717) is 6.54 Å². The quantitative estimate of drug-likeness (QED) is 0.810. The fourth-order valence-corrected chi connectivity index (χ4v) is 3.50. The molecule has 2 aromatic heterocycles. The first kappa shape index (κ1) is 15.9. The van der Waals surface area contributed by atoms with Crippen molar-refractivity contribution in [3.8, 4) is 0 Å². The maximum Gasteiger partial charge on any atom is 0.246 e. The molecule has 0 saturated carbocycles. The van der Waals surface area contributed by atoms with Crippen molar-refractivity contribution in [1.82, 2.24) is 14.8 Å². The van der Waals surface area contributed by atoms with Crippen LogP contribution in [0.25, 0.3) is 6.08 Å². The fourth-order valence-electron chi connectivity index (χ4n) is 2.88. The number of amides is 1. The summed E-state index contributed by atoms with van der Waals surface area (Å²) >= 11 is 1.64. The van der Waals surface area contributed by atoms with Gasteiger partial charge in [-0.2, -0.15) is 0 Å². The Morgan fingerprint density at radius 3 is 3.04 bits per heavy atom. The van der Waals surface area contributed by atoms with E-state index in [0.717, 1.165) is 24.4 Å². The van der Waals surface area contributed by atoms with Crippen LogP contribution in [0.4, 0.5) is 0 Å². The molecule has 0 aliphatic carbocycles. The van der Waals surface area contributed by atoms with Gasteiger partial charge in [0.1, 0.15) is 0 Å². The Hall–Kier alpha value is -1.98. The van der Waals surface area contributed by atoms with Crippen LogP contribution >= 0.6 is 11.3 Å². The fraction of sp³-hybridized carbons (Fsp3) is 0.333. The number of hydrogen-bond donors (Lipinski definition) is 0. The van der Waals surface area contributed by atoms with E-state index in [1.807, 2.05) is 40.9 Å². The topological polar surface area (TPSA) is 36.4 Å². The van der Waals surface area contributed by atoms with E-state index in [-0.39, 0.29) is 5.91 Å². The van der Waals surface area contributed by atoms with Crippen LogP contribution in [0.1, 0.15) is 21.6 Å². The van der Waals surface area contributed by atoms with Crippen LogP contribution in [0.3, 0.4) is 0 Å². The summed E-state index contributed by atoms with van der Waals surface area (Å²) in [5, 5.41) is 2.01.